The van der Waals surface area contributed by atoms with Crippen LogP contribution >= 0.6 is 0 Å². The summed E-state index contributed by atoms with van der Waals surface area (Å²) in [4.78, 5) is 26.8. The first-order valence-corrected chi connectivity index (χ1v) is 9.56. The lowest BCUT2D eigenvalue weighted by Crippen LogP contribution is -2.41. The maximum Gasteiger partial charge on any atom is 0.256 e. The molecule has 1 heterocycles. The molecule has 0 bridgehead atoms. The molecule has 0 spiro atoms. The van der Waals surface area contributed by atoms with E-state index in [2.05, 4.69) is 5.32 Å². The number of piperidine rings is 1. The van der Waals surface area contributed by atoms with Gasteiger partial charge in [-0.3, -0.25) is 9.59 Å². The largest absolute Gasteiger partial charge is 0.489 e. The molecule has 1 aliphatic heterocycles. The van der Waals surface area contributed by atoms with Crippen molar-refractivity contribution in [3.05, 3.63) is 59.9 Å². The number of ether oxygens (including phenoxy) is 1. The van der Waals surface area contributed by atoms with Gasteiger partial charge in [-0.15, -0.1) is 0 Å². The van der Waals surface area contributed by atoms with Crippen LogP contribution < -0.4 is 10.1 Å². The van der Waals surface area contributed by atoms with Gasteiger partial charge in [0.2, 0.25) is 5.91 Å². The fourth-order valence-electron chi connectivity index (χ4n) is 3.31. The van der Waals surface area contributed by atoms with Crippen molar-refractivity contribution in [1.29, 1.82) is 0 Å². The molecule has 2 aromatic rings. The Morgan fingerprint density at radius 1 is 1.07 bits per heavy atom. The number of hydrogen-bond acceptors (Lipinski definition) is 3. The highest BCUT2D eigenvalue weighted by Gasteiger charge is 2.29. The second-order valence-corrected chi connectivity index (χ2v) is 7.20. The van der Waals surface area contributed by atoms with Gasteiger partial charge in [0.15, 0.2) is 0 Å². The topological polar surface area (TPSA) is 58.6 Å². The number of amides is 2. The Labute approximate surface area is 164 Å². The number of anilines is 1. The van der Waals surface area contributed by atoms with Gasteiger partial charge in [-0.05, 0) is 51.0 Å². The predicted molar refractivity (Wildman–Crippen MR) is 106 cm³/mol. The van der Waals surface area contributed by atoms with Crippen LogP contribution in [-0.2, 0) is 4.79 Å². The summed E-state index contributed by atoms with van der Waals surface area (Å²) < 4.78 is 19.6. The van der Waals surface area contributed by atoms with Crippen molar-refractivity contribution >= 4 is 17.5 Å². The van der Waals surface area contributed by atoms with E-state index in [-0.39, 0.29) is 29.4 Å². The zero-order valence-corrected chi connectivity index (χ0v) is 16.2. The Morgan fingerprint density at radius 2 is 1.71 bits per heavy atom. The lowest BCUT2D eigenvalue weighted by molar-refractivity contribution is -0.121. The Morgan fingerprint density at radius 3 is 2.39 bits per heavy atom. The number of hydrogen-bond donors (Lipinski definition) is 1. The molecule has 0 aromatic heterocycles. The first kappa shape index (κ1) is 19.9. The molecule has 0 aliphatic carbocycles. The summed E-state index contributed by atoms with van der Waals surface area (Å²) in [6.07, 6.45) is 1.09. The van der Waals surface area contributed by atoms with Gasteiger partial charge in [-0.2, -0.15) is 0 Å². The van der Waals surface area contributed by atoms with E-state index in [1.807, 2.05) is 38.1 Å². The van der Waals surface area contributed by atoms with Gasteiger partial charge in [0.1, 0.15) is 11.6 Å². The molecule has 3 rings (SSSR count). The summed E-state index contributed by atoms with van der Waals surface area (Å²) in [5, 5.41) is 2.94. The molecule has 1 N–H and O–H groups in total. The minimum Gasteiger partial charge on any atom is -0.489 e. The van der Waals surface area contributed by atoms with E-state index >= 15 is 0 Å². The van der Waals surface area contributed by atoms with Crippen LogP contribution in [0.2, 0.25) is 0 Å². The van der Waals surface area contributed by atoms with Gasteiger partial charge in [0.05, 0.1) is 17.4 Å². The Balaban J connectivity index is 1.59. The van der Waals surface area contributed by atoms with E-state index in [0.717, 1.165) is 0 Å². The Kier molecular flexibility index (Phi) is 6.29. The monoisotopic (exact) mass is 384 g/mol. The normalized spacial score (nSPS) is 14.8. The maximum atomic E-state index is 13.8. The Bertz CT molecular complexity index is 845. The molecule has 28 heavy (non-hydrogen) atoms. The van der Waals surface area contributed by atoms with Crippen molar-refractivity contribution in [3.63, 3.8) is 0 Å². The summed E-state index contributed by atoms with van der Waals surface area (Å²) in [6.45, 7) is 4.71. The van der Waals surface area contributed by atoms with E-state index in [9.17, 15) is 14.0 Å². The maximum absolute atomic E-state index is 13.8. The van der Waals surface area contributed by atoms with E-state index < -0.39 is 5.82 Å². The van der Waals surface area contributed by atoms with Crippen molar-refractivity contribution in [3.8, 4) is 5.75 Å². The summed E-state index contributed by atoms with van der Waals surface area (Å²) in [5.74, 6) is -0.491. The number of likely N-dealkylation sites (tertiary alicyclic amines) is 1. The fraction of sp³-hybridized carbons (Fsp3) is 0.364. The molecule has 0 saturated carbocycles. The number of nitrogens with one attached hydrogen (secondary N) is 1. The van der Waals surface area contributed by atoms with Gasteiger partial charge in [0, 0.05) is 19.0 Å². The molecule has 2 amide bonds. The molecular formula is C22H25FN2O3. The third-order valence-corrected chi connectivity index (χ3v) is 4.76. The number of nitrogens with zero attached hydrogens (tertiary/aromatic N) is 1. The zero-order valence-electron chi connectivity index (χ0n) is 16.2. The summed E-state index contributed by atoms with van der Waals surface area (Å²) in [5.41, 5.74) is 0.719. The summed E-state index contributed by atoms with van der Waals surface area (Å²) in [7, 11) is 0. The molecule has 1 saturated heterocycles. The molecule has 1 fully saturated rings. The van der Waals surface area contributed by atoms with Crippen molar-refractivity contribution < 1.29 is 18.7 Å². The lowest BCUT2D eigenvalue weighted by atomic mass is 9.95. The SMILES string of the molecule is CC(C)Oc1ccccc1NC(=O)C1CCN(C(=O)c2ccccc2F)CC1. The van der Waals surface area contributed by atoms with E-state index in [1.54, 1.807) is 17.0 Å². The fourth-order valence-corrected chi connectivity index (χ4v) is 3.31. The van der Waals surface area contributed by atoms with E-state index in [1.165, 1.54) is 12.1 Å². The molecule has 2 aromatic carbocycles. The number of benzene rings is 2. The summed E-state index contributed by atoms with van der Waals surface area (Å²) in [6, 6.07) is 13.3. The van der Waals surface area contributed by atoms with Gasteiger partial charge < -0.3 is 15.0 Å². The zero-order chi connectivity index (χ0) is 20.1. The predicted octanol–water partition coefficient (Wildman–Crippen LogP) is 4.10. The smallest absolute Gasteiger partial charge is 0.256 e. The molecular weight excluding hydrogens is 359 g/mol. The van der Waals surface area contributed by atoms with Crippen LogP contribution in [0.5, 0.6) is 5.75 Å². The quantitative estimate of drug-likeness (QED) is 0.844. The first-order valence-electron chi connectivity index (χ1n) is 9.56. The summed E-state index contributed by atoms with van der Waals surface area (Å²) >= 11 is 0. The van der Waals surface area contributed by atoms with Crippen LogP contribution in [0, 0.1) is 11.7 Å². The second-order valence-electron chi connectivity index (χ2n) is 7.20. The van der Waals surface area contributed by atoms with Gasteiger partial charge >= 0.3 is 0 Å². The highest BCUT2D eigenvalue weighted by Crippen LogP contribution is 2.27. The van der Waals surface area contributed by atoms with Gasteiger partial charge in [0.25, 0.3) is 5.91 Å². The number of carbonyl (C=O) groups excluding carboxylic acids is 2. The third-order valence-electron chi connectivity index (χ3n) is 4.76. The number of carbonyl (C=O) groups is 2. The van der Waals surface area contributed by atoms with Crippen LogP contribution in [0.25, 0.3) is 0 Å². The first-order chi connectivity index (χ1) is 13.5. The van der Waals surface area contributed by atoms with Gasteiger partial charge in [-0.1, -0.05) is 24.3 Å². The molecule has 148 valence electrons. The van der Waals surface area contributed by atoms with Crippen LogP contribution in [0.15, 0.2) is 48.5 Å². The highest BCUT2D eigenvalue weighted by atomic mass is 19.1. The van der Waals surface area contributed by atoms with Crippen LogP contribution in [0.4, 0.5) is 10.1 Å². The standard InChI is InChI=1S/C22H25FN2O3/c1-15(2)28-20-10-6-5-9-19(20)24-21(26)16-11-13-25(14-12-16)22(27)17-7-3-4-8-18(17)23/h3-10,15-16H,11-14H2,1-2H3,(H,24,26). The molecule has 0 radical (unpaired) electrons. The molecule has 0 atom stereocenters. The minimum atomic E-state index is -0.519. The lowest BCUT2D eigenvalue weighted by Gasteiger charge is -2.31. The van der Waals surface area contributed by atoms with Gasteiger partial charge in [-0.25, -0.2) is 4.39 Å². The number of halogens is 1. The van der Waals surface area contributed by atoms with Crippen molar-refractivity contribution in [2.75, 3.05) is 18.4 Å². The third kappa shape index (κ3) is 4.68. The average molecular weight is 384 g/mol. The number of rotatable bonds is 5. The Hall–Kier alpha value is -2.89. The van der Waals surface area contributed by atoms with Crippen molar-refractivity contribution in [1.82, 2.24) is 4.90 Å². The van der Waals surface area contributed by atoms with E-state index in [0.29, 0.717) is 37.4 Å². The molecule has 5 nitrogen and oxygen atoms in total. The van der Waals surface area contributed by atoms with Crippen LogP contribution in [0.3, 0.4) is 0 Å². The van der Waals surface area contributed by atoms with E-state index in [4.69, 9.17) is 4.74 Å². The van der Waals surface area contributed by atoms with Crippen LogP contribution in [0.1, 0.15) is 37.0 Å². The second kappa shape index (κ2) is 8.87. The average Bonchev–Trinajstić information content (AvgIpc) is 2.69. The molecule has 1 aliphatic rings. The molecule has 6 heteroatoms. The number of para-hydroxylation sites is 2. The van der Waals surface area contributed by atoms with Crippen molar-refractivity contribution in [2.45, 2.75) is 32.8 Å². The minimum absolute atomic E-state index is 0.00526. The van der Waals surface area contributed by atoms with Crippen LogP contribution in [-0.4, -0.2) is 35.9 Å². The van der Waals surface area contributed by atoms with Crippen molar-refractivity contribution in [2.24, 2.45) is 5.92 Å². The molecule has 0 unspecified atom stereocenters. The highest BCUT2D eigenvalue weighted by molar-refractivity contribution is 5.96.